The highest BCUT2D eigenvalue weighted by atomic mass is 16.3. The monoisotopic (exact) mass is 222 g/mol. The maximum Gasteiger partial charge on any atom is 0.220 e. The summed E-state index contributed by atoms with van der Waals surface area (Å²) in [4.78, 5) is 11.6. The first-order valence-corrected chi connectivity index (χ1v) is 5.83. The summed E-state index contributed by atoms with van der Waals surface area (Å²) < 4.78 is 4.94. The number of amides is 1. The summed E-state index contributed by atoms with van der Waals surface area (Å²) in [6.45, 7) is 2.63. The summed E-state index contributed by atoms with van der Waals surface area (Å²) in [5, 5.41) is 6.22. The molecule has 88 valence electrons. The van der Waals surface area contributed by atoms with E-state index >= 15 is 0 Å². The van der Waals surface area contributed by atoms with E-state index in [2.05, 4.69) is 10.6 Å². The minimum Gasteiger partial charge on any atom is -0.472 e. The number of hydrogen-bond acceptors (Lipinski definition) is 3. The summed E-state index contributed by atoms with van der Waals surface area (Å²) in [6.07, 6.45) is 6.24. The van der Waals surface area contributed by atoms with Gasteiger partial charge in [-0.2, -0.15) is 0 Å². The van der Waals surface area contributed by atoms with Crippen molar-refractivity contribution in [3.8, 4) is 0 Å². The third-order valence-corrected chi connectivity index (χ3v) is 2.94. The maximum absolute atomic E-state index is 11.6. The number of nitrogens with one attached hydrogen (secondary N) is 2. The molecule has 1 saturated heterocycles. The van der Waals surface area contributed by atoms with E-state index in [1.165, 1.54) is 6.42 Å². The first kappa shape index (κ1) is 11.2. The first-order chi connectivity index (χ1) is 7.84. The summed E-state index contributed by atoms with van der Waals surface area (Å²) in [7, 11) is 0. The van der Waals surface area contributed by atoms with Gasteiger partial charge in [0.2, 0.25) is 5.91 Å². The lowest BCUT2D eigenvalue weighted by Gasteiger charge is -2.21. The molecule has 1 unspecified atom stereocenters. The van der Waals surface area contributed by atoms with Crippen molar-refractivity contribution in [2.45, 2.75) is 25.8 Å². The van der Waals surface area contributed by atoms with Crippen LogP contribution in [0, 0.1) is 5.92 Å². The van der Waals surface area contributed by atoms with Crippen LogP contribution in [0.25, 0.3) is 0 Å². The van der Waals surface area contributed by atoms with E-state index in [9.17, 15) is 4.79 Å². The fourth-order valence-electron chi connectivity index (χ4n) is 2.03. The zero-order chi connectivity index (χ0) is 11.2. The van der Waals surface area contributed by atoms with E-state index < -0.39 is 0 Å². The van der Waals surface area contributed by atoms with Gasteiger partial charge in [-0.3, -0.25) is 4.79 Å². The van der Waals surface area contributed by atoms with Crippen LogP contribution in [-0.4, -0.2) is 19.0 Å². The summed E-state index contributed by atoms with van der Waals surface area (Å²) in [6, 6.07) is 1.86. The number of carbonyl (C=O) groups is 1. The highest BCUT2D eigenvalue weighted by Gasteiger charge is 2.16. The molecule has 0 radical (unpaired) electrons. The van der Waals surface area contributed by atoms with Crippen LogP contribution in [0.2, 0.25) is 0 Å². The van der Waals surface area contributed by atoms with Crippen LogP contribution in [0.15, 0.2) is 23.0 Å². The number of furan rings is 1. The van der Waals surface area contributed by atoms with Gasteiger partial charge < -0.3 is 15.1 Å². The van der Waals surface area contributed by atoms with Crippen molar-refractivity contribution >= 4 is 5.91 Å². The second kappa shape index (κ2) is 5.70. The molecule has 1 aromatic heterocycles. The van der Waals surface area contributed by atoms with Crippen LogP contribution in [0.5, 0.6) is 0 Å². The van der Waals surface area contributed by atoms with E-state index in [0.717, 1.165) is 25.1 Å². The van der Waals surface area contributed by atoms with Gasteiger partial charge in [-0.25, -0.2) is 0 Å². The highest BCUT2D eigenvalue weighted by molar-refractivity contribution is 5.76. The minimum atomic E-state index is 0.134. The molecule has 0 saturated carbocycles. The fraction of sp³-hybridized carbons (Fsp3) is 0.583. The second-order valence-electron chi connectivity index (χ2n) is 4.32. The van der Waals surface area contributed by atoms with Crippen molar-refractivity contribution < 1.29 is 9.21 Å². The van der Waals surface area contributed by atoms with Gasteiger partial charge in [-0.15, -0.1) is 0 Å². The second-order valence-corrected chi connectivity index (χ2v) is 4.32. The Morgan fingerprint density at radius 2 is 2.56 bits per heavy atom. The molecule has 1 atom stereocenters. The number of hydrogen-bond donors (Lipinski definition) is 2. The van der Waals surface area contributed by atoms with Crippen molar-refractivity contribution in [1.29, 1.82) is 0 Å². The van der Waals surface area contributed by atoms with E-state index in [4.69, 9.17) is 4.42 Å². The molecule has 1 aliphatic rings. The van der Waals surface area contributed by atoms with Gasteiger partial charge in [0.05, 0.1) is 12.5 Å². The Morgan fingerprint density at radius 3 is 3.25 bits per heavy atom. The molecule has 2 N–H and O–H groups in total. The third-order valence-electron chi connectivity index (χ3n) is 2.94. The number of carbonyl (C=O) groups excluding carboxylic acids is 1. The Balaban J connectivity index is 1.67. The molecule has 0 bridgehead atoms. The molecule has 0 aliphatic carbocycles. The van der Waals surface area contributed by atoms with Crippen LogP contribution >= 0.6 is 0 Å². The van der Waals surface area contributed by atoms with E-state index in [0.29, 0.717) is 18.9 Å². The first-order valence-electron chi connectivity index (χ1n) is 5.83. The Bertz CT molecular complexity index is 316. The molecule has 0 aromatic carbocycles. The Hall–Kier alpha value is -1.29. The summed E-state index contributed by atoms with van der Waals surface area (Å²) in [5.74, 6) is 0.632. The molecule has 16 heavy (non-hydrogen) atoms. The average molecular weight is 222 g/mol. The Labute approximate surface area is 95.4 Å². The molecule has 4 heteroatoms. The lowest BCUT2D eigenvalue weighted by molar-refractivity contribution is -0.122. The van der Waals surface area contributed by atoms with Gasteiger partial charge in [0.25, 0.3) is 0 Å². The van der Waals surface area contributed by atoms with Gasteiger partial charge in [-0.05, 0) is 37.9 Å². The predicted molar refractivity (Wildman–Crippen MR) is 60.8 cm³/mol. The smallest absolute Gasteiger partial charge is 0.220 e. The predicted octanol–water partition coefficient (Wildman–Crippen LogP) is 1.29. The average Bonchev–Trinajstić information content (AvgIpc) is 2.81. The zero-order valence-corrected chi connectivity index (χ0v) is 9.37. The van der Waals surface area contributed by atoms with Crippen LogP contribution in [0.1, 0.15) is 24.8 Å². The topological polar surface area (TPSA) is 54.3 Å². The Morgan fingerprint density at radius 1 is 1.62 bits per heavy atom. The minimum absolute atomic E-state index is 0.134. The van der Waals surface area contributed by atoms with Gasteiger partial charge >= 0.3 is 0 Å². The molecule has 1 aliphatic heterocycles. The van der Waals surface area contributed by atoms with Gasteiger partial charge in [0.1, 0.15) is 0 Å². The Kier molecular flexibility index (Phi) is 3.99. The molecule has 1 aromatic rings. The van der Waals surface area contributed by atoms with Crippen molar-refractivity contribution in [1.82, 2.24) is 10.6 Å². The quantitative estimate of drug-likeness (QED) is 0.807. The molecule has 2 heterocycles. The lowest BCUT2D eigenvalue weighted by Crippen LogP contribution is -2.34. The normalized spacial score (nSPS) is 20.6. The molecule has 2 rings (SSSR count). The lowest BCUT2D eigenvalue weighted by atomic mass is 9.96. The molecular formula is C12H18N2O2. The summed E-state index contributed by atoms with van der Waals surface area (Å²) >= 11 is 0. The van der Waals surface area contributed by atoms with E-state index in [-0.39, 0.29) is 5.91 Å². The van der Waals surface area contributed by atoms with Gasteiger partial charge in [0.15, 0.2) is 0 Å². The largest absolute Gasteiger partial charge is 0.472 e. The van der Waals surface area contributed by atoms with Gasteiger partial charge in [0, 0.05) is 18.5 Å². The molecule has 1 amide bonds. The van der Waals surface area contributed by atoms with Gasteiger partial charge in [-0.1, -0.05) is 0 Å². The standard InChI is InChI=1S/C12H18N2O2/c15-12(6-10-2-1-4-13-7-10)14-8-11-3-5-16-9-11/h3,5,9-10,13H,1-2,4,6-8H2,(H,14,15). The maximum atomic E-state index is 11.6. The van der Waals surface area contributed by atoms with Crippen molar-refractivity contribution in [3.63, 3.8) is 0 Å². The SMILES string of the molecule is O=C(CC1CCCNC1)NCc1ccoc1. The molecule has 4 nitrogen and oxygen atoms in total. The van der Waals surface area contributed by atoms with Crippen molar-refractivity contribution in [3.05, 3.63) is 24.2 Å². The van der Waals surface area contributed by atoms with Crippen LogP contribution < -0.4 is 10.6 Å². The number of rotatable bonds is 4. The zero-order valence-electron chi connectivity index (χ0n) is 9.37. The summed E-state index contributed by atoms with van der Waals surface area (Å²) in [5.41, 5.74) is 1.01. The molecular weight excluding hydrogens is 204 g/mol. The molecule has 0 spiro atoms. The van der Waals surface area contributed by atoms with Crippen LogP contribution in [-0.2, 0) is 11.3 Å². The van der Waals surface area contributed by atoms with E-state index in [1.54, 1.807) is 12.5 Å². The third kappa shape index (κ3) is 3.38. The van der Waals surface area contributed by atoms with Crippen LogP contribution in [0.3, 0.4) is 0 Å². The van der Waals surface area contributed by atoms with Crippen LogP contribution in [0.4, 0.5) is 0 Å². The number of piperidine rings is 1. The van der Waals surface area contributed by atoms with Crippen molar-refractivity contribution in [2.24, 2.45) is 5.92 Å². The molecule has 1 fully saturated rings. The van der Waals surface area contributed by atoms with Crippen molar-refractivity contribution in [2.75, 3.05) is 13.1 Å². The highest BCUT2D eigenvalue weighted by Crippen LogP contribution is 2.13. The van der Waals surface area contributed by atoms with E-state index in [1.807, 2.05) is 6.07 Å². The fourth-order valence-corrected chi connectivity index (χ4v) is 2.03.